The number of hydrogen-bond acceptors (Lipinski definition) is 4. The molecule has 0 heterocycles. The average molecular weight is 403 g/mol. The van der Waals surface area contributed by atoms with Crippen LogP contribution in [0.5, 0.6) is 5.75 Å². The van der Waals surface area contributed by atoms with E-state index in [1.54, 1.807) is 33.0 Å². The molecule has 1 aromatic carbocycles. The Labute approximate surface area is 162 Å². The SMILES string of the molecule is CCS(=O)(=O)CC(C)N(C)C(=O)NC(COc1ccccc1F)C(C)(C)C. The molecule has 2 unspecified atom stereocenters. The predicted molar refractivity (Wildman–Crippen MR) is 105 cm³/mol. The summed E-state index contributed by atoms with van der Waals surface area (Å²) in [6.07, 6.45) is 0. The highest BCUT2D eigenvalue weighted by atomic mass is 32.2. The van der Waals surface area contributed by atoms with Crippen LogP contribution >= 0.6 is 0 Å². The largest absolute Gasteiger partial charge is 0.488 e. The summed E-state index contributed by atoms with van der Waals surface area (Å²) in [6.45, 7) is 9.17. The molecule has 0 aliphatic heterocycles. The Morgan fingerprint density at radius 2 is 1.89 bits per heavy atom. The molecule has 0 saturated heterocycles. The number of amides is 2. The summed E-state index contributed by atoms with van der Waals surface area (Å²) in [7, 11) is -1.64. The van der Waals surface area contributed by atoms with Crippen LogP contribution in [0.3, 0.4) is 0 Å². The number of nitrogens with zero attached hydrogens (tertiary/aromatic N) is 1. The fourth-order valence-corrected chi connectivity index (χ4v) is 3.49. The molecular formula is C19H31FN2O4S. The first-order valence-corrected chi connectivity index (χ1v) is 10.8. The van der Waals surface area contributed by atoms with Crippen molar-refractivity contribution in [3.63, 3.8) is 0 Å². The van der Waals surface area contributed by atoms with E-state index < -0.39 is 33.8 Å². The summed E-state index contributed by atoms with van der Waals surface area (Å²) < 4.78 is 42.9. The Morgan fingerprint density at radius 3 is 2.41 bits per heavy atom. The van der Waals surface area contributed by atoms with Gasteiger partial charge < -0.3 is 15.0 Å². The second-order valence-corrected chi connectivity index (χ2v) is 10.2. The highest BCUT2D eigenvalue weighted by Crippen LogP contribution is 2.22. The first-order chi connectivity index (χ1) is 12.4. The lowest BCUT2D eigenvalue weighted by atomic mass is 9.87. The van der Waals surface area contributed by atoms with Gasteiger partial charge in [0.15, 0.2) is 21.4 Å². The van der Waals surface area contributed by atoms with Gasteiger partial charge in [0.1, 0.15) is 6.61 Å². The minimum absolute atomic E-state index is 0.0356. The van der Waals surface area contributed by atoms with Crippen LogP contribution in [0.4, 0.5) is 9.18 Å². The molecule has 2 atom stereocenters. The predicted octanol–water partition coefficient (Wildman–Crippen LogP) is 3.08. The summed E-state index contributed by atoms with van der Waals surface area (Å²) in [5, 5.41) is 2.88. The van der Waals surface area contributed by atoms with Gasteiger partial charge in [-0.15, -0.1) is 0 Å². The number of hydrogen-bond donors (Lipinski definition) is 1. The van der Waals surface area contributed by atoms with Crippen molar-refractivity contribution in [2.45, 2.75) is 46.7 Å². The molecule has 0 aliphatic rings. The Morgan fingerprint density at radius 1 is 1.30 bits per heavy atom. The van der Waals surface area contributed by atoms with Crippen molar-refractivity contribution in [2.75, 3.05) is 25.2 Å². The number of carbonyl (C=O) groups excluding carboxylic acids is 1. The van der Waals surface area contributed by atoms with E-state index >= 15 is 0 Å². The number of para-hydroxylation sites is 1. The molecule has 1 rings (SSSR count). The van der Waals surface area contributed by atoms with E-state index in [-0.39, 0.29) is 29.3 Å². The maximum absolute atomic E-state index is 13.7. The van der Waals surface area contributed by atoms with E-state index in [2.05, 4.69) is 5.32 Å². The molecule has 154 valence electrons. The first-order valence-electron chi connectivity index (χ1n) is 8.98. The van der Waals surface area contributed by atoms with Crippen LogP contribution in [-0.2, 0) is 9.84 Å². The highest BCUT2D eigenvalue weighted by molar-refractivity contribution is 7.91. The van der Waals surface area contributed by atoms with Crippen molar-refractivity contribution in [3.05, 3.63) is 30.1 Å². The maximum Gasteiger partial charge on any atom is 0.317 e. The van der Waals surface area contributed by atoms with E-state index in [0.717, 1.165) is 0 Å². The van der Waals surface area contributed by atoms with Crippen molar-refractivity contribution >= 4 is 15.9 Å². The van der Waals surface area contributed by atoms with E-state index in [1.807, 2.05) is 20.8 Å². The topological polar surface area (TPSA) is 75.7 Å². The van der Waals surface area contributed by atoms with E-state index in [4.69, 9.17) is 4.74 Å². The van der Waals surface area contributed by atoms with Crippen molar-refractivity contribution in [1.29, 1.82) is 0 Å². The van der Waals surface area contributed by atoms with Gasteiger partial charge in [0.25, 0.3) is 0 Å². The van der Waals surface area contributed by atoms with Gasteiger partial charge in [-0.1, -0.05) is 39.8 Å². The molecular weight excluding hydrogens is 371 g/mol. The number of carbonyl (C=O) groups is 1. The molecule has 8 heteroatoms. The second-order valence-electron chi connectivity index (χ2n) is 7.77. The van der Waals surface area contributed by atoms with E-state index in [9.17, 15) is 17.6 Å². The zero-order chi connectivity index (χ0) is 20.8. The fraction of sp³-hybridized carbons (Fsp3) is 0.632. The zero-order valence-corrected chi connectivity index (χ0v) is 17.8. The van der Waals surface area contributed by atoms with Crippen LogP contribution in [-0.4, -0.2) is 56.6 Å². The summed E-state index contributed by atoms with van der Waals surface area (Å²) in [4.78, 5) is 14.0. The number of ether oxygens (including phenoxy) is 1. The minimum atomic E-state index is -3.19. The maximum atomic E-state index is 13.7. The highest BCUT2D eigenvalue weighted by Gasteiger charge is 2.30. The lowest BCUT2D eigenvalue weighted by Gasteiger charge is -2.34. The van der Waals surface area contributed by atoms with Gasteiger partial charge in [0.2, 0.25) is 0 Å². The van der Waals surface area contributed by atoms with E-state index in [0.29, 0.717) is 0 Å². The van der Waals surface area contributed by atoms with Crippen molar-refractivity contribution in [3.8, 4) is 5.75 Å². The average Bonchev–Trinajstić information content (AvgIpc) is 2.57. The molecule has 2 amide bonds. The molecule has 6 nitrogen and oxygen atoms in total. The summed E-state index contributed by atoms with van der Waals surface area (Å²) in [5.74, 6) is -0.406. The van der Waals surface area contributed by atoms with Gasteiger partial charge in [0, 0.05) is 18.8 Å². The van der Waals surface area contributed by atoms with Crippen LogP contribution in [0.25, 0.3) is 0 Å². The van der Waals surface area contributed by atoms with Gasteiger partial charge in [-0.3, -0.25) is 0 Å². The van der Waals surface area contributed by atoms with Crippen molar-refractivity contribution in [2.24, 2.45) is 5.41 Å². The molecule has 1 N–H and O–H groups in total. The number of nitrogens with one attached hydrogen (secondary N) is 1. The molecule has 0 radical (unpaired) electrons. The molecule has 0 saturated carbocycles. The molecule has 0 spiro atoms. The van der Waals surface area contributed by atoms with Gasteiger partial charge in [-0.2, -0.15) is 0 Å². The van der Waals surface area contributed by atoms with Crippen LogP contribution in [0, 0.1) is 11.2 Å². The lowest BCUT2D eigenvalue weighted by molar-refractivity contribution is 0.149. The van der Waals surface area contributed by atoms with Crippen LogP contribution in [0.1, 0.15) is 34.6 Å². The van der Waals surface area contributed by atoms with Gasteiger partial charge >= 0.3 is 6.03 Å². The molecule has 0 aliphatic carbocycles. The van der Waals surface area contributed by atoms with Crippen molar-refractivity contribution in [1.82, 2.24) is 10.2 Å². The molecule has 0 aromatic heterocycles. The number of rotatable bonds is 8. The number of halogens is 1. The van der Waals surface area contributed by atoms with Crippen LogP contribution < -0.4 is 10.1 Å². The Bertz CT molecular complexity index is 731. The van der Waals surface area contributed by atoms with Crippen LogP contribution in [0.15, 0.2) is 24.3 Å². The van der Waals surface area contributed by atoms with Gasteiger partial charge in [-0.25, -0.2) is 17.6 Å². The standard InChI is InChI=1S/C19H31FN2O4S/c1-7-27(24,25)13-14(2)22(6)18(23)21-17(19(3,4)5)12-26-16-11-9-8-10-15(16)20/h8-11,14,17H,7,12-13H2,1-6H3,(H,21,23). The number of urea groups is 1. The van der Waals surface area contributed by atoms with Gasteiger partial charge in [0.05, 0.1) is 11.8 Å². The molecule has 27 heavy (non-hydrogen) atoms. The number of benzene rings is 1. The summed E-state index contributed by atoms with van der Waals surface area (Å²) in [5.41, 5.74) is -0.347. The summed E-state index contributed by atoms with van der Waals surface area (Å²) >= 11 is 0. The third-order valence-electron chi connectivity index (χ3n) is 4.50. The lowest BCUT2D eigenvalue weighted by Crippen LogP contribution is -2.53. The first kappa shape index (κ1) is 23.2. The quantitative estimate of drug-likeness (QED) is 0.725. The minimum Gasteiger partial charge on any atom is -0.488 e. The Hall–Kier alpha value is -1.83. The van der Waals surface area contributed by atoms with Gasteiger partial charge in [-0.05, 0) is 24.5 Å². The second kappa shape index (κ2) is 9.39. The van der Waals surface area contributed by atoms with E-state index in [1.165, 1.54) is 17.0 Å². The Balaban J connectivity index is 2.78. The third-order valence-corrected chi connectivity index (χ3v) is 6.37. The smallest absolute Gasteiger partial charge is 0.317 e. The zero-order valence-electron chi connectivity index (χ0n) is 17.0. The molecule has 1 aromatic rings. The van der Waals surface area contributed by atoms with Crippen molar-refractivity contribution < 1.29 is 22.3 Å². The molecule has 0 bridgehead atoms. The number of sulfone groups is 1. The molecule has 0 fully saturated rings. The Kier molecular flexibility index (Phi) is 8.07. The fourth-order valence-electron chi connectivity index (χ4n) is 2.29. The normalized spacial score (nSPS) is 14.3. The monoisotopic (exact) mass is 402 g/mol. The van der Waals surface area contributed by atoms with Crippen LogP contribution in [0.2, 0.25) is 0 Å². The third kappa shape index (κ3) is 7.36. The summed E-state index contributed by atoms with van der Waals surface area (Å²) in [6, 6.07) is 4.82.